The molecule has 0 unspecified atom stereocenters. The van der Waals surface area contributed by atoms with Gasteiger partial charge in [0.2, 0.25) is 0 Å². The Morgan fingerprint density at radius 2 is 1.26 bits per heavy atom. The van der Waals surface area contributed by atoms with E-state index in [0.29, 0.717) is 16.3 Å². The summed E-state index contributed by atoms with van der Waals surface area (Å²) in [7, 11) is 1.56. The molecule has 0 saturated heterocycles. The van der Waals surface area contributed by atoms with E-state index in [2.05, 4.69) is 0 Å². The van der Waals surface area contributed by atoms with E-state index < -0.39 is 12.6 Å². The molecule has 1 aliphatic heterocycles. The highest BCUT2D eigenvalue weighted by Crippen LogP contribution is 2.36. The Hall–Kier alpha value is -4.97. The summed E-state index contributed by atoms with van der Waals surface area (Å²) >= 11 is 0. The lowest BCUT2D eigenvalue weighted by molar-refractivity contribution is -0.121. The van der Waals surface area contributed by atoms with E-state index in [1.54, 1.807) is 24.1 Å². The van der Waals surface area contributed by atoms with Gasteiger partial charge < -0.3 is 9.30 Å². The van der Waals surface area contributed by atoms with Gasteiger partial charge in [-0.25, -0.2) is 4.79 Å². The zero-order chi connectivity index (χ0) is 26.9. The van der Waals surface area contributed by atoms with Gasteiger partial charge in [0, 0.05) is 18.0 Å². The van der Waals surface area contributed by atoms with Gasteiger partial charge in [0.15, 0.2) is 6.61 Å². The second-order valence-corrected chi connectivity index (χ2v) is 9.56. The average molecular weight is 515 g/mol. The molecule has 0 bridgehead atoms. The van der Waals surface area contributed by atoms with E-state index in [1.807, 2.05) is 91.0 Å². The molecule has 192 valence electrons. The Labute approximate surface area is 225 Å². The average Bonchev–Trinajstić information content (AvgIpc) is 3.15. The number of carbonyl (C=O) groups is 2. The fourth-order valence-electron chi connectivity index (χ4n) is 5.41. The van der Waals surface area contributed by atoms with Gasteiger partial charge in [0.25, 0.3) is 11.5 Å². The molecule has 4 aromatic carbocycles. The highest BCUT2D eigenvalue weighted by Gasteiger charge is 2.28. The number of anilines is 2. The number of amides is 1. The summed E-state index contributed by atoms with van der Waals surface area (Å²) in [6.07, 6.45) is 1.60. The molecule has 6 heteroatoms. The molecule has 5 aromatic rings. The molecule has 6 nitrogen and oxygen atoms in total. The van der Waals surface area contributed by atoms with Crippen molar-refractivity contribution in [3.05, 3.63) is 130 Å². The number of benzene rings is 4. The first-order valence-corrected chi connectivity index (χ1v) is 12.9. The van der Waals surface area contributed by atoms with Crippen molar-refractivity contribution in [2.24, 2.45) is 7.05 Å². The SMILES string of the molecule is Cn1c(C(=O)OCC(=O)N2c3ccccc3CCc3ccccc32)c(-c2ccccc2)c2ccccc2c1=O. The molecule has 2 heterocycles. The predicted octanol–water partition coefficient (Wildman–Crippen LogP) is 5.83. The first-order chi connectivity index (χ1) is 19.0. The molecule has 6 rings (SSSR count). The van der Waals surface area contributed by atoms with Crippen LogP contribution in [0.3, 0.4) is 0 Å². The summed E-state index contributed by atoms with van der Waals surface area (Å²) in [5, 5.41) is 1.16. The van der Waals surface area contributed by atoms with E-state index in [0.717, 1.165) is 40.9 Å². The normalized spacial score (nSPS) is 12.4. The van der Waals surface area contributed by atoms with Crippen molar-refractivity contribution >= 4 is 34.0 Å². The maximum Gasteiger partial charge on any atom is 0.356 e. The molecule has 1 aromatic heterocycles. The third kappa shape index (κ3) is 4.30. The number of aryl methyl sites for hydroxylation is 2. The third-order valence-corrected chi connectivity index (χ3v) is 7.26. The summed E-state index contributed by atoms with van der Waals surface area (Å²) < 4.78 is 6.98. The predicted molar refractivity (Wildman–Crippen MR) is 152 cm³/mol. The quantitative estimate of drug-likeness (QED) is 0.283. The first kappa shape index (κ1) is 24.4. The van der Waals surface area contributed by atoms with Crippen molar-refractivity contribution in [3.8, 4) is 11.1 Å². The van der Waals surface area contributed by atoms with E-state index in [-0.39, 0.29) is 17.2 Å². The lowest BCUT2D eigenvalue weighted by atomic mass is 9.97. The number of para-hydroxylation sites is 2. The lowest BCUT2D eigenvalue weighted by Crippen LogP contribution is -2.33. The fourth-order valence-corrected chi connectivity index (χ4v) is 5.41. The fraction of sp³-hybridized carbons (Fsp3) is 0.121. The number of aromatic nitrogens is 1. The Bertz CT molecular complexity index is 1740. The van der Waals surface area contributed by atoms with Crippen molar-refractivity contribution in [2.45, 2.75) is 12.8 Å². The van der Waals surface area contributed by atoms with Crippen LogP contribution in [-0.2, 0) is 29.4 Å². The minimum atomic E-state index is -0.732. The monoisotopic (exact) mass is 514 g/mol. The smallest absolute Gasteiger partial charge is 0.356 e. The second-order valence-electron chi connectivity index (χ2n) is 9.56. The molecule has 1 aliphatic rings. The second kappa shape index (κ2) is 10.1. The maximum atomic E-state index is 13.7. The number of hydrogen-bond donors (Lipinski definition) is 0. The minimum Gasteiger partial charge on any atom is -0.451 e. The molecule has 0 spiro atoms. The van der Waals surface area contributed by atoms with Crippen molar-refractivity contribution in [2.75, 3.05) is 11.5 Å². The number of carbonyl (C=O) groups excluding carboxylic acids is 2. The van der Waals surface area contributed by atoms with Crippen LogP contribution >= 0.6 is 0 Å². The number of hydrogen-bond acceptors (Lipinski definition) is 4. The summed E-state index contributed by atoms with van der Waals surface area (Å²) in [5.74, 6) is -1.10. The van der Waals surface area contributed by atoms with E-state index in [1.165, 1.54) is 4.57 Å². The van der Waals surface area contributed by atoms with E-state index >= 15 is 0 Å². The van der Waals surface area contributed by atoms with Gasteiger partial charge in [0.05, 0.1) is 11.4 Å². The Balaban J connectivity index is 1.39. The number of fused-ring (bicyclic) bond motifs is 3. The standard InChI is InChI=1S/C33H26N2O4/c1-34-31(30(24-13-3-2-4-14-24)25-15-7-8-16-26(25)32(34)37)33(38)39-21-29(36)35-27-17-9-5-11-22(27)19-20-23-12-6-10-18-28(23)35/h2-18H,19-21H2,1H3. The molecule has 0 atom stereocenters. The van der Waals surface area contributed by atoms with Gasteiger partial charge in [-0.05, 0) is 53.1 Å². The number of rotatable bonds is 4. The molecule has 0 N–H and O–H groups in total. The molecular formula is C33H26N2O4. The summed E-state index contributed by atoms with van der Waals surface area (Å²) in [4.78, 5) is 42.2. The van der Waals surface area contributed by atoms with Crippen LogP contribution in [0.4, 0.5) is 11.4 Å². The van der Waals surface area contributed by atoms with Crippen molar-refractivity contribution < 1.29 is 14.3 Å². The Morgan fingerprint density at radius 3 is 1.90 bits per heavy atom. The number of esters is 1. The van der Waals surface area contributed by atoms with Gasteiger partial charge in [-0.2, -0.15) is 0 Å². The van der Waals surface area contributed by atoms with Crippen molar-refractivity contribution in [1.82, 2.24) is 4.57 Å². The third-order valence-electron chi connectivity index (χ3n) is 7.26. The van der Waals surface area contributed by atoms with Crippen molar-refractivity contribution in [1.29, 1.82) is 0 Å². The largest absolute Gasteiger partial charge is 0.451 e. The molecule has 0 fully saturated rings. The van der Waals surface area contributed by atoms with Gasteiger partial charge in [0.1, 0.15) is 5.69 Å². The molecule has 0 radical (unpaired) electrons. The topological polar surface area (TPSA) is 68.6 Å². The van der Waals surface area contributed by atoms with Crippen LogP contribution in [0, 0.1) is 0 Å². The molecule has 1 amide bonds. The van der Waals surface area contributed by atoms with Crippen LogP contribution in [0.15, 0.2) is 108 Å². The van der Waals surface area contributed by atoms with Gasteiger partial charge in [-0.1, -0.05) is 84.9 Å². The van der Waals surface area contributed by atoms with Crippen LogP contribution in [0.1, 0.15) is 21.6 Å². The maximum absolute atomic E-state index is 13.7. The molecule has 0 saturated carbocycles. The van der Waals surface area contributed by atoms with Gasteiger partial charge in [-0.15, -0.1) is 0 Å². The molecule has 0 aliphatic carbocycles. The lowest BCUT2D eigenvalue weighted by Gasteiger charge is -2.25. The highest BCUT2D eigenvalue weighted by atomic mass is 16.5. The van der Waals surface area contributed by atoms with Crippen LogP contribution in [0.5, 0.6) is 0 Å². The summed E-state index contributed by atoms with van der Waals surface area (Å²) in [6, 6.07) is 32.2. The van der Waals surface area contributed by atoms with Crippen LogP contribution in [0.2, 0.25) is 0 Å². The Morgan fingerprint density at radius 1 is 0.718 bits per heavy atom. The summed E-state index contributed by atoms with van der Waals surface area (Å²) in [5.41, 5.74) is 4.84. The number of nitrogens with zero attached hydrogens (tertiary/aromatic N) is 2. The molecular weight excluding hydrogens is 488 g/mol. The van der Waals surface area contributed by atoms with E-state index in [4.69, 9.17) is 4.74 Å². The minimum absolute atomic E-state index is 0.106. The van der Waals surface area contributed by atoms with Crippen LogP contribution in [-0.4, -0.2) is 23.1 Å². The zero-order valence-corrected chi connectivity index (χ0v) is 21.5. The van der Waals surface area contributed by atoms with Crippen LogP contribution in [0.25, 0.3) is 21.9 Å². The van der Waals surface area contributed by atoms with E-state index in [9.17, 15) is 14.4 Å². The molecule has 39 heavy (non-hydrogen) atoms. The van der Waals surface area contributed by atoms with Gasteiger partial charge in [-0.3, -0.25) is 14.5 Å². The Kier molecular flexibility index (Phi) is 6.29. The first-order valence-electron chi connectivity index (χ1n) is 12.9. The zero-order valence-electron chi connectivity index (χ0n) is 21.5. The van der Waals surface area contributed by atoms with Crippen LogP contribution < -0.4 is 10.5 Å². The van der Waals surface area contributed by atoms with Gasteiger partial charge >= 0.3 is 5.97 Å². The highest BCUT2D eigenvalue weighted by molar-refractivity contribution is 6.08. The number of pyridine rings is 1. The number of ether oxygens (including phenoxy) is 1. The van der Waals surface area contributed by atoms with Crippen molar-refractivity contribution in [3.63, 3.8) is 0 Å². The summed E-state index contributed by atoms with van der Waals surface area (Å²) in [6.45, 7) is -0.475.